The van der Waals surface area contributed by atoms with Crippen LogP contribution in [-0.4, -0.2) is 10.9 Å². The highest BCUT2D eigenvalue weighted by Crippen LogP contribution is 2.28. The molecule has 2 aromatic carbocycles. The highest BCUT2D eigenvalue weighted by atomic mass is 32.1. The van der Waals surface area contributed by atoms with E-state index in [0.29, 0.717) is 5.56 Å². The van der Waals surface area contributed by atoms with Gasteiger partial charge in [-0.3, -0.25) is 4.79 Å². The summed E-state index contributed by atoms with van der Waals surface area (Å²) in [5.41, 5.74) is 4.02. The van der Waals surface area contributed by atoms with E-state index in [0.717, 1.165) is 27.8 Å². The number of aromatic nitrogens is 1. The van der Waals surface area contributed by atoms with Crippen LogP contribution < -0.4 is 10.6 Å². The summed E-state index contributed by atoms with van der Waals surface area (Å²) in [4.78, 5) is 15.7. The molecule has 0 bridgehead atoms. The monoisotopic (exact) mass is 334 g/mol. The van der Waals surface area contributed by atoms with Crippen LogP contribution in [0.1, 0.15) is 12.5 Å². The lowest BCUT2D eigenvalue weighted by molar-refractivity contribution is -0.114. The maximum Gasteiger partial charge on any atom is 0.221 e. The zero-order valence-electron chi connectivity index (χ0n) is 12.9. The maximum absolute atomic E-state index is 11.1. The van der Waals surface area contributed by atoms with E-state index in [1.54, 1.807) is 12.1 Å². The van der Waals surface area contributed by atoms with Gasteiger partial charge in [0.25, 0.3) is 0 Å². The summed E-state index contributed by atoms with van der Waals surface area (Å²) < 4.78 is 0. The molecule has 2 N–H and O–H groups in total. The van der Waals surface area contributed by atoms with Crippen LogP contribution in [0.4, 0.5) is 16.5 Å². The molecule has 0 spiro atoms. The van der Waals surface area contributed by atoms with Crippen molar-refractivity contribution in [3.63, 3.8) is 0 Å². The molecule has 118 valence electrons. The highest BCUT2D eigenvalue weighted by molar-refractivity contribution is 7.14. The molecule has 0 fully saturated rings. The molecule has 3 aromatic rings. The van der Waals surface area contributed by atoms with Crippen molar-refractivity contribution in [3.05, 3.63) is 59.5 Å². The number of rotatable bonds is 4. The van der Waals surface area contributed by atoms with Crippen LogP contribution in [0.25, 0.3) is 11.3 Å². The fourth-order valence-electron chi connectivity index (χ4n) is 2.18. The molecule has 0 saturated carbocycles. The molecule has 0 radical (unpaired) electrons. The quantitative estimate of drug-likeness (QED) is 0.742. The third-order valence-electron chi connectivity index (χ3n) is 3.25. The average Bonchev–Trinajstić information content (AvgIpc) is 3.03. The van der Waals surface area contributed by atoms with Gasteiger partial charge in [-0.15, -0.1) is 11.3 Å². The molecule has 0 aliphatic carbocycles. The van der Waals surface area contributed by atoms with Gasteiger partial charge in [-0.05, 0) is 30.3 Å². The minimum absolute atomic E-state index is 0.107. The molecular formula is C18H14N4OS. The van der Waals surface area contributed by atoms with E-state index in [-0.39, 0.29) is 5.91 Å². The zero-order valence-corrected chi connectivity index (χ0v) is 13.7. The summed E-state index contributed by atoms with van der Waals surface area (Å²) in [5, 5.41) is 17.5. The minimum Gasteiger partial charge on any atom is -0.331 e. The van der Waals surface area contributed by atoms with Crippen molar-refractivity contribution in [2.24, 2.45) is 0 Å². The second kappa shape index (κ2) is 6.94. The van der Waals surface area contributed by atoms with Gasteiger partial charge in [0.2, 0.25) is 5.91 Å². The Hall–Kier alpha value is -3.17. The third kappa shape index (κ3) is 3.77. The van der Waals surface area contributed by atoms with Crippen molar-refractivity contribution in [1.29, 1.82) is 5.26 Å². The summed E-state index contributed by atoms with van der Waals surface area (Å²) in [6, 6.07) is 16.9. The Morgan fingerprint density at radius 3 is 2.62 bits per heavy atom. The average molecular weight is 334 g/mol. The van der Waals surface area contributed by atoms with Gasteiger partial charge in [0, 0.05) is 29.2 Å². The number of hydrogen-bond acceptors (Lipinski definition) is 5. The first-order valence-electron chi connectivity index (χ1n) is 7.25. The number of nitrogens with zero attached hydrogens (tertiary/aromatic N) is 2. The van der Waals surface area contributed by atoms with Crippen LogP contribution >= 0.6 is 11.3 Å². The van der Waals surface area contributed by atoms with Gasteiger partial charge in [0.05, 0.1) is 17.3 Å². The van der Waals surface area contributed by atoms with E-state index in [1.165, 1.54) is 18.3 Å². The Bertz CT molecular complexity index is 909. The van der Waals surface area contributed by atoms with Crippen LogP contribution in [0.2, 0.25) is 0 Å². The van der Waals surface area contributed by atoms with E-state index >= 15 is 0 Å². The van der Waals surface area contributed by atoms with Gasteiger partial charge in [-0.2, -0.15) is 5.26 Å². The van der Waals surface area contributed by atoms with Gasteiger partial charge in [0.1, 0.15) is 0 Å². The molecule has 0 aliphatic rings. The summed E-state index contributed by atoms with van der Waals surface area (Å²) in [5.74, 6) is -0.107. The lowest BCUT2D eigenvalue weighted by Crippen LogP contribution is -2.05. The predicted octanol–water partition coefficient (Wildman–Crippen LogP) is 4.38. The molecule has 0 aliphatic heterocycles. The Kier molecular flexibility index (Phi) is 4.54. The number of amides is 1. The molecule has 5 nitrogen and oxygen atoms in total. The number of carbonyl (C=O) groups excluding carboxylic acids is 1. The third-order valence-corrected chi connectivity index (χ3v) is 4.01. The number of nitrogens with one attached hydrogen (secondary N) is 2. The summed E-state index contributed by atoms with van der Waals surface area (Å²) >= 11 is 1.49. The van der Waals surface area contributed by atoms with Gasteiger partial charge in [-0.1, -0.05) is 18.2 Å². The van der Waals surface area contributed by atoms with Crippen molar-refractivity contribution in [2.45, 2.75) is 6.92 Å². The van der Waals surface area contributed by atoms with Gasteiger partial charge < -0.3 is 10.6 Å². The molecule has 1 aromatic heterocycles. The van der Waals surface area contributed by atoms with E-state index < -0.39 is 0 Å². The maximum atomic E-state index is 11.1. The number of thiazole rings is 1. The van der Waals surface area contributed by atoms with Crippen molar-refractivity contribution in [1.82, 2.24) is 4.98 Å². The fraction of sp³-hybridized carbons (Fsp3) is 0.0556. The van der Waals surface area contributed by atoms with Crippen LogP contribution in [-0.2, 0) is 4.79 Å². The number of nitriles is 1. The molecule has 24 heavy (non-hydrogen) atoms. The van der Waals surface area contributed by atoms with Crippen LogP contribution in [0.15, 0.2) is 53.9 Å². The van der Waals surface area contributed by atoms with Crippen molar-refractivity contribution in [3.8, 4) is 17.3 Å². The molecule has 3 rings (SSSR count). The van der Waals surface area contributed by atoms with Gasteiger partial charge in [-0.25, -0.2) is 4.98 Å². The summed E-state index contributed by atoms with van der Waals surface area (Å²) in [6.45, 7) is 1.48. The van der Waals surface area contributed by atoms with Crippen LogP contribution in [0, 0.1) is 11.3 Å². The highest BCUT2D eigenvalue weighted by Gasteiger charge is 2.06. The molecule has 0 atom stereocenters. The Balaban J connectivity index is 1.76. The Morgan fingerprint density at radius 2 is 1.92 bits per heavy atom. The van der Waals surface area contributed by atoms with Crippen molar-refractivity contribution < 1.29 is 4.79 Å². The van der Waals surface area contributed by atoms with E-state index in [2.05, 4.69) is 21.7 Å². The largest absolute Gasteiger partial charge is 0.331 e. The fourth-order valence-corrected chi connectivity index (χ4v) is 2.92. The van der Waals surface area contributed by atoms with E-state index in [4.69, 9.17) is 5.26 Å². The van der Waals surface area contributed by atoms with Gasteiger partial charge in [0.15, 0.2) is 5.13 Å². The number of benzene rings is 2. The first-order valence-corrected chi connectivity index (χ1v) is 8.13. The Morgan fingerprint density at radius 1 is 1.17 bits per heavy atom. The zero-order chi connectivity index (χ0) is 16.9. The normalized spacial score (nSPS) is 10.0. The number of carbonyl (C=O) groups is 1. The molecule has 0 saturated heterocycles. The van der Waals surface area contributed by atoms with Crippen LogP contribution in [0.3, 0.4) is 0 Å². The Labute approximate surface area is 143 Å². The standard InChI is InChI=1S/C18H14N4OS/c1-12(23)20-15-3-2-4-16(9-15)21-18-22-17(11-24-18)14-7-5-13(10-19)6-8-14/h2-9,11H,1H3,(H,20,23)(H,21,22). The molecule has 1 amide bonds. The number of anilines is 3. The molecule has 1 heterocycles. The SMILES string of the molecule is CC(=O)Nc1cccc(Nc2nc(-c3ccc(C#N)cc3)cs2)c1. The van der Waals surface area contributed by atoms with Crippen molar-refractivity contribution in [2.75, 3.05) is 10.6 Å². The van der Waals surface area contributed by atoms with Crippen LogP contribution in [0.5, 0.6) is 0 Å². The second-order valence-electron chi connectivity index (χ2n) is 5.11. The molecule has 0 unspecified atom stereocenters. The minimum atomic E-state index is -0.107. The molecule has 6 heteroatoms. The van der Waals surface area contributed by atoms with E-state index in [9.17, 15) is 4.79 Å². The van der Waals surface area contributed by atoms with E-state index in [1.807, 2.05) is 41.8 Å². The topological polar surface area (TPSA) is 77.8 Å². The van der Waals surface area contributed by atoms with Gasteiger partial charge >= 0.3 is 0 Å². The summed E-state index contributed by atoms with van der Waals surface area (Å²) in [6.07, 6.45) is 0. The number of hydrogen-bond donors (Lipinski definition) is 2. The second-order valence-corrected chi connectivity index (χ2v) is 5.97. The first-order chi connectivity index (χ1) is 11.6. The predicted molar refractivity (Wildman–Crippen MR) is 96.3 cm³/mol. The van der Waals surface area contributed by atoms with Crippen molar-refractivity contribution >= 4 is 33.8 Å². The smallest absolute Gasteiger partial charge is 0.221 e. The lowest BCUT2D eigenvalue weighted by Gasteiger charge is -2.06. The molecular weight excluding hydrogens is 320 g/mol. The lowest BCUT2D eigenvalue weighted by atomic mass is 10.1. The first kappa shape index (κ1) is 15.7. The summed E-state index contributed by atoms with van der Waals surface area (Å²) in [7, 11) is 0.